The molecule has 0 aliphatic rings. The molecule has 0 spiro atoms. The number of hydrogen-bond acceptors (Lipinski definition) is 1. The summed E-state index contributed by atoms with van der Waals surface area (Å²) in [6, 6.07) is 11.9. The third-order valence-electron chi connectivity index (χ3n) is 2.57. The quantitative estimate of drug-likeness (QED) is 0.407. The van der Waals surface area contributed by atoms with Crippen molar-refractivity contribution in [3.63, 3.8) is 0 Å². The Morgan fingerprint density at radius 1 is 1.05 bits per heavy atom. The van der Waals surface area contributed by atoms with E-state index in [2.05, 4.69) is 27.9 Å². The molecule has 0 amide bonds. The summed E-state index contributed by atoms with van der Waals surface area (Å²) in [4.78, 5) is 0. The Hall–Kier alpha value is -0.360. The third kappa shape index (κ3) is 4.60. The summed E-state index contributed by atoms with van der Waals surface area (Å²) in [6.07, 6.45) is 0. The molecule has 2 aromatic carbocycles. The minimum absolute atomic E-state index is 0.0935. The van der Waals surface area contributed by atoms with Crippen molar-refractivity contribution in [2.24, 2.45) is 0 Å². The predicted molar refractivity (Wildman–Crippen MR) is 86.5 cm³/mol. The zero-order chi connectivity index (χ0) is 13.8. The van der Waals surface area contributed by atoms with Crippen LogP contribution in [0.1, 0.15) is 15.2 Å². The summed E-state index contributed by atoms with van der Waals surface area (Å²) in [5, 5.41) is 4.58. The zero-order valence-electron chi connectivity index (χ0n) is 9.84. The van der Waals surface area contributed by atoms with Crippen LogP contribution in [0, 0.1) is 5.82 Å². The van der Waals surface area contributed by atoms with E-state index in [4.69, 9.17) is 23.2 Å². The fraction of sp³-hybridized carbons (Fsp3) is 0.143. The molecule has 1 nitrogen and oxygen atoms in total. The van der Waals surface area contributed by atoms with Crippen LogP contribution in [0.25, 0.3) is 0 Å². The molecule has 0 saturated heterocycles. The van der Waals surface area contributed by atoms with Crippen LogP contribution >= 0.6 is 45.8 Å². The first-order valence-electron chi connectivity index (χ1n) is 5.62. The molecule has 0 aliphatic carbocycles. The highest BCUT2D eigenvalue weighted by atomic mass is 127. The van der Waals surface area contributed by atoms with Crippen LogP contribution in [0.15, 0.2) is 42.5 Å². The summed E-state index contributed by atoms with van der Waals surface area (Å²) in [5.74, 6) is -0.228. The van der Waals surface area contributed by atoms with Crippen molar-refractivity contribution < 1.29 is 4.39 Å². The maximum Gasteiger partial charge on any atom is 0.123 e. The number of nitrogens with one attached hydrogen (secondary N) is 1. The van der Waals surface area contributed by atoms with Gasteiger partial charge in [-0.3, -0.25) is 5.32 Å². The molecule has 0 aromatic heterocycles. The first-order valence-corrected chi connectivity index (χ1v) is 7.62. The number of halogens is 4. The van der Waals surface area contributed by atoms with Crippen molar-refractivity contribution >= 4 is 45.8 Å². The standard InChI is InChI=1S/C14H11Cl2FIN/c15-11-5-9(6-12(16)7-11)8-19-14(18)10-1-3-13(17)4-2-10/h1-7,14,19H,8H2. The molecule has 0 fully saturated rings. The molecule has 0 saturated carbocycles. The van der Waals surface area contributed by atoms with Crippen LogP contribution < -0.4 is 5.32 Å². The number of hydrogen-bond donors (Lipinski definition) is 1. The molecule has 5 heteroatoms. The number of alkyl halides is 1. The fourth-order valence-electron chi connectivity index (χ4n) is 1.67. The Morgan fingerprint density at radius 2 is 1.63 bits per heavy atom. The molecular weight excluding hydrogens is 399 g/mol. The van der Waals surface area contributed by atoms with Crippen molar-refractivity contribution in [3.05, 3.63) is 69.5 Å². The zero-order valence-corrected chi connectivity index (χ0v) is 13.5. The average Bonchev–Trinajstić information content (AvgIpc) is 2.36. The average molecular weight is 410 g/mol. The molecule has 19 heavy (non-hydrogen) atoms. The molecule has 1 N–H and O–H groups in total. The van der Waals surface area contributed by atoms with E-state index < -0.39 is 0 Å². The second kappa shape index (κ2) is 6.88. The maximum atomic E-state index is 12.8. The summed E-state index contributed by atoms with van der Waals surface area (Å²) < 4.78 is 12.9. The summed E-state index contributed by atoms with van der Waals surface area (Å²) >= 11 is 14.2. The topological polar surface area (TPSA) is 12.0 Å². The van der Waals surface area contributed by atoms with E-state index in [0.29, 0.717) is 16.6 Å². The lowest BCUT2D eigenvalue weighted by atomic mass is 10.2. The van der Waals surface area contributed by atoms with Gasteiger partial charge in [0, 0.05) is 16.6 Å². The Morgan fingerprint density at radius 3 is 2.21 bits per heavy atom. The fourth-order valence-corrected chi connectivity index (χ4v) is 2.88. The normalized spacial score (nSPS) is 12.4. The lowest BCUT2D eigenvalue weighted by Crippen LogP contribution is -2.15. The van der Waals surface area contributed by atoms with Gasteiger partial charge < -0.3 is 0 Å². The van der Waals surface area contributed by atoms with E-state index in [9.17, 15) is 4.39 Å². The van der Waals surface area contributed by atoms with Crippen molar-refractivity contribution in [1.82, 2.24) is 5.32 Å². The van der Waals surface area contributed by atoms with Gasteiger partial charge in [-0.05, 0) is 41.5 Å². The van der Waals surface area contributed by atoms with Gasteiger partial charge in [-0.2, -0.15) is 0 Å². The largest absolute Gasteiger partial charge is 0.298 e. The van der Waals surface area contributed by atoms with Crippen molar-refractivity contribution in [2.75, 3.05) is 0 Å². The van der Waals surface area contributed by atoms with Crippen LogP contribution in [-0.2, 0) is 6.54 Å². The molecule has 0 heterocycles. The van der Waals surface area contributed by atoms with E-state index in [1.54, 1.807) is 18.2 Å². The van der Waals surface area contributed by atoms with Gasteiger partial charge in [-0.15, -0.1) is 0 Å². The molecule has 0 radical (unpaired) electrons. The van der Waals surface area contributed by atoms with Crippen LogP contribution in [0.5, 0.6) is 0 Å². The second-order valence-corrected chi connectivity index (χ2v) is 6.19. The molecule has 2 rings (SSSR count). The predicted octanol–water partition coefficient (Wildman–Crippen LogP) is 5.36. The van der Waals surface area contributed by atoms with Gasteiger partial charge in [0.15, 0.2) is 0 Å². The third-order valence-corrected chi connectivity index (χ3v) is 4.17. The highest BCUT2D eigenvalue weighted by Gasteiger charge is 2.07. The molecule has 0 aliphatic heterocycles. The summed E-state index contributed by atoms with van der Waals surface area (Å²) in [6.45, 7) is 0.644. The Balaban J connectivity index is 1.99. The van der Waals surface area contributed by atoms with Crippen molar-refractivity contribution in [3.8, 4) is 0 Å². The van der Waals surface area contributed by atoms with Crippen molar-refractivity contribution in [1.29, 1.82) is 0 Å². The lowest BCUT2D eigenvalue weighted by Gasteiger charge is -2.13. The van der Waals surface area contributed by atoms with Gasteiger partial charge in [-0.1, -0.05) is 57.9 Å². The van der Waals surface area contributed by atoms with Crippen LogP contribution in [0.4, 0.5) is 4.39 Å². The van der Waals surface area contributed by atoms with E-state index in [1.807, 2.05) is 12.1 Å². The highest BCUT2D eigenvalue weighted by molar-refractivity contribution is 14.1. The molecule has 100 valence electrons. The summed E-state index contributed by atoms with van der Waals surface area (Å²) in [5.41, 5.74) is 2.04. The van der Waals surface area contributed by atoms with Crippen LogP contribution in [0.3, 0.4) is 0 Å². The second-order valence-electron chi connectivity index (χ2n) is 4.07. The first-order chi connectivity index (χ1) is 9.04. The molecule has 1 unspecified atom stereocenters. The molecular formula is C14H11Cl2FIN. The molecule has 1 atom stereocenters. The number of benzene rings is 2. The molecule has 0 bridgehead atoms. The van der Waals surface area contributed by atoms with Crippen LogP contribution in [0.2, 0.25) is 10.0 Å². The van der Waals surface area contributed by atoms with E-state index in [1.165, 1.54) is 12.1 Å². The van der Waals surface area contributed by atoms with E-state index >= 15 is 0 Å². The maximum absolute atomic E-state index is 12.8. The minimum atomic E-state index is -0.228. The summed E-state index contributed by atoms with van der Waals surface area (Å²) in [7, 11) is 0. The van der Waals surface area contributed by atoms with Gasteiger partial charge in [0.25, 0.3) is 0 Å². The minimum Gasteiger partial charge on any atom is -0.298 e. The van der Waals surface area contributed by atoms with Gasteiger partial charge in [0.2, 0.25) is 0 Å². The highest BCUT2D eigenvalue weighted by Crippen LogP contribution is 2.23. The SMILES string of the molecule is Fc1ccc(C(I)NCc2cc(Cl)cc(Cl)c2)cc1. The van der Waals surface area contributed by atoms with Gasteiger partial charge >= 0.3 is 0 Å². The molecule has 2 aromatic rings. The van der Waals surface area contributed by atoms with Crippen molar-refractivity contribution in [2.45, 2.75) is 10.6 Å². The monoisotopic (exact) mass is 409 g/mol. The van der Waals surface area contributed by atoms with E-state index in [-0.39, 0.29) is 9.87 Å². The Kier molecular flexibility index (Phi) is 5.45. The lowest BCUT2D eigenvalue weighted by molar-refractivity contribution is 0.625. The smallest absolute Gasteiger partial charge is 0.123 e. The Bertz CT molecular complexity index is 540. The number of rotatable bonds is 4. The van der Waals surface area contributed by atoms with Gasteiger partial charge in [0.1, 0.15) is 5.82 Å². The van der Waals surface area contributed by atoms with E-state index in [0.717, 1.165) is 11.1 Å². The Labute approximate surface area is 135 Å². The first kappa shape index (κ1) is 15.0. The van der Waals surface area contributed by atoms with Crippen LogP contribution in [-0.4, -0.2) is 0 Å². The van der Waals surface area contributed by atoms with Gasteiger partial charge in [0.05, 0.1) is 4.05 Å². The van der Waals surface area contributed by atoms with Gasteiger partial charge in [-0.25, -0.2) is 4.39 Å².